The molecule has 27 heavy (non-hydrogen) atoms. The van der Waals surface area contributed by atoms with Gasteiger partial charge in [0.15, 0.2) is 5.75 Å². The average molecular weight is 355 g/mol. The molecule has 0 amide bonds. The highest BCUT2D eigenvalue weighted by atomic mass is 16.5. The van der Waals surface area contributed by atoms with E-state index in [2.05, 4.69) is 4.98 Å². The number of hydrogen-bond donors (Lipinski definition) is 1. The SMILES string of the molecule is COc1c(-c2ccc(-c3ccccc3)cc2)nc2ccccc2c1C(=O)O. The van der Waals surface area contributed by atoms with Gasteiger partial charge in [-0.1, -0.05) is 72.8 Å². The molecule has 0 fully saturated rings. The van der Waals surface area contributed by atoms with Gasteiger partial charge in [0, 0.05) is 10.9 Å². The van der Waals surface area contributed by atoms with E-state index in [-0.39, 0.29) is 11.3 Å². The number of pyridine rings is 1. The molecule has 0 unspecified atom stereocenters. The molecule has 0 radical (unpaired) electrons. The average Bonchev–Trinajstić information content (AvgIpc) is 2.73. The molecule has 4 rings (SSSR count). The molecule has 0 aliphatic rings. The highest BCUT2D eigenvalue weighted by molar-refractivity contribution is 6.07. The Hall–Kier alpha value is -3.66. The molecule has 4 heteroatoms. The number of rotatable bonds is 4. The summed E-state index contributed by atoms with van der Waals surface area (Å²) in [5.74, 6) is -0.763. The first-order valence-electron chi connectivity index (χ1n) is 8.55. The largest absolute Gasteiger partial charge is 0.494 e. The summed E-state index contributed by atoms with van der Waals surface area (Å²) in [6, 6.07) is 25.1. The van der Waals surface area contributed by atoms with Crippen molar-refractivity contribution < 1.29 is 14.6 Å². The number of hydrogen-bond acceptors (Lipinski definition) is 3. The van der Waals surface area contributed by atoms with E-state index < -0.39 is 5.97 Å². The molecular formula is C23H17NO3. The van der Waals surface area contributed by atoms with E-state index >= 15 is 0 Å². The molecule has 0 aliphatic carbocycles. The van der Waals surface area contributed by atoms with Crippen LogP contribution in [0, 0.1) is 0 Å². The lowest BCUT2D eigenvalue weighted by Gasteiger charge is -2.14. The molecule has 0 atom stereocenters. The number of carboxylic acids is 1. The Labute approximate surface area is 156 Å². The number of methoxy groups -OCH3 is 1. The fourth-order valence-corrected chi connectivity index (χ4v) is 3.25. The summed E-state index contributed by atoms with van der Waals surface area (Å²) in [4.78, 5) is 16.6. The molecule has 0 bridgehead atoms. The van der Waals surface area contributed by atoms with Gasteiger partial charge in [0.1, 0.15) is 11.3 Å². The lowest BCUT2D eigenvalue weighted by molar-refractivity contribution is 0.0695. The Morgan fingerprint density at radius 3 is 2.07 bits per heavy atom. The van der Waals surface area contributed by atoms with Crippen molar-refractivity contribution in [2.45, 2.75) is 0 Å². The number of aromatic carboxylic acids is 1. The minimum Gasteiger partial charge on any atom is -0.494 e. The van der Waals surface area contributed by atoms with Crippen LogP contribution in [0.3, 0.4) is 0 Å². The van der Waals surface area contributed by atoms with Crippen LogP contribution in [0.15, 0.2) is 78.9 Å². The Balaban J connectivity index is 1.90. The van der Waals surface area contributed by atoms with Crippen LogP contribution in [0.2, 0.25) is 0 Å². The molecule has 1 heterocycles. The maximum atomic E-state index is 11.9. The number of benzene rings is 3. The van der Waals surface area contributed by atoms with Gasteiger partial charge in [-0.25, -0.2) is 9.78 Å². The second kappa shape index (κ2) is 6.92. The van der Waals surface area contributed by atoms with Gasteiger partial charge >= 0.3 is 5.97 Å². The van der Waals surface area contributed by atoms with Crippen molar-refractivity contribution in [1.82, 2.24) is 4.98 Å². The van der Waals surface area contributed by atoms with Crippen LogP contribution < -0.4 is 4.74 Å². The van der Waals surface area contributed by atoms with E-state index in [0.717, 1.165) is 16.7 Å². The minimum atomic E-state index is -1.03. The standard InChI is InChI=1S/C23H17NO3/c1-27-22-20(23(25)26)18-9-5-6-10-19(18)24-21(22)17-13-11-16(12-14-17)15-7-3-2-4-8-15/h2-14H,1H3,(H,25,26). The Morgan fingerprint density at radius 2 is 1.41 bits per heavy atom. The molecule has 132 valence electrons. The zero-order valence-electron chi connectivity index (χ0n) is 14.7. The zero-order valence-corrected chi connectivity index (χ0v) is 14.7. The van der Waals surface area contributed by atoms with Gasteiger partial charge < -0.3 is 9.84 Å². The van der Waals surface area contributed by atoms with E-state index in [9.17, 15) is 9.90 Å². The number of carbonyl (C=O) groups is 1. The predicted molar refractivity (Wildman–Crippen MR) is 106 cm³/mol. The molecular weight excluding hydrogens is 338 g/mol. The number of fused-ring (bicyclic) bond motifs is 1. The summed E-state index contributed by atoms with van der Waals surface area (Å²) in [6.45, 7) is 0. The Morgan fingerprint density at radius 1 is 0.815 bits per heavy atom. The number of ether oxygens (including phenoxy) is 1. The smallest absolute Gasteiger partial charge is 0.340 e. The molecule has 0 saturated heterocycles. The quantitative estimate of drug-likeness (QED) is 0.541. The molecule has 1 N–H and O–H groups in total. The second-order valence-corrected chi connectivity index (χ2v) is 6.13. The Kier molecular flexibility index (Phi) is 4.30. The van der Waals surface area contributed by atoms with Crippen LogP contribution in [-0.4, -0.2) is 23.2 Å². The van der Waals surface area contributed by atoms with Crippen molar-refractivity contribution in [2.24, 2.45) is 0 Å². The van der Waals surface area contributed by atoms with Gasteiger partial charge in [0.25, 0.3) is 0 Å². The highest BCUT2D eigenvalue weighted by Gasteiger charge is 2.21. The highest BCUT2D eigenvalue weighted by Crippen LogP contribution is 2.36. The first-order valence-corrected chi connectivity index (χ1v) is 8.55. The van der Waals surface area contributed by atoms with Gasteiger partial charge in [-0.2, -0.15) is 0 Å². The summed E-state index contributed by atoms with van der Waals surface area (Å²) in [7, 11) is 1.47. The summed E-state index contributed by atoms with van der Waals surface area (Å²) in [5.41, 5.74) is 4.28. The van der Waals surface area contributed by atoms with E-state index in [4.69, 9.17) is 4.74 Å². The van der Waals surface area contributed by atoms with Crippen molar-refractivity contribution in [3.63, 3.8) is 0 Å². The minimum absolute atomic E-state index is 0.130. The van der Waals surface area contributed by atoms with Crippen LogP contribution in [0.5, 0.6) is 5.75 Å². The maximum absolute atomic E-state index is 11.9. The molecule has 0 aliphatic heterocycles. The molecule has 3 aromatic carbocycles. The van der Waals surface area contributed by atoms with Gasteiger partial charge in [0.2, 0.25) is 0 Å². The third-order valence-electron chi connectivity index (χ3n) is 4.53. The topological polar surface area (TPSA) is 59.4 Å². The van der Waals surface area contributed by atoms with Gasteiger partial charge in [0.05, 0.1) is 12.6 Å². The Bertz CT molecular complexity index is 1120. The van der Waals surface area contributed by atoms with Crippen molar-refractivity contribution in [1.29, 1.82) is 0 Å². The first kappa shape index (κ1) is 16.8. The maximum Gasteiger partial charge on any atom is 0.340 e. The lowest BCUT2D eigenvalue weighted by atomic mass is 9.99. The van der Waals surface area contributed by atoms with Crippen molar-refractivity contribution >= 4 is 16.9 Å². The van der Waals surface area contributed by atoms with Crippen LogP contribution in [0.25, 0.3) is 33.3 Å². The second-order valence-electron chi connectivity index (χ2n) is 6.13. The number of carboxylic acid groups (broad SMARTS) is 1. The van der Waals surface area contributed by atoms with Crippen molar-refractivity contribution in [3.05, 3.63) is 84.4 Å². The first-order chi connectivity index (χ1) is 13.2. The summed E-state index contributed by atoms with van der Waals surface area (Å²) < 4.78 is 5.47. The van der Waals surface area contributed by atoms with E-state index in [1.165, 1.54) is 7.11 Å². The molecule has 0 spiro atoms. The summed E-state index contributed by atoms with van der Waals surface area (Å²) in [6.07, 6.45) is 0. The van der Waals surface area contributed by atoms with E-state index in [1.807, 2.05) is 66.7 Å². The predicted octanol–water partition coefficient (Wildman–Crippen LogP) is 5.28. The van der Waals surface area contributed by atoms with Crippen LogP contribution in [-0.2, 0) is 0 Å². The fraction of sp³-hybridized carbons (Fsp3) is 0.0435. The van der Waals surface area contributed by atoms with E-state index in [1.54, 1.807) is 12.1 Å². The molecule has 1 aromatic heterocycles. The fourth-order valence-electron chi connectivity index (χ4n) is 3.25. The van der Waals surface area contributed by atoms with E-state index in [0.29, 0.717) is 16.6 Å². The van der Waals surface area contributed by atoms with Gasteiger partial charge in [-0.3, -0.25) is 0 Å². The monoisotopic (exact) mass is 355 g/mol. The number of para-hydroxylation sites is 1. The third-order valence-corrected chi connectivity index (χ3v) is 4.53. The lowest BCUT2D eigenvalue weighted by Crippen LogP contribution is -2.05. The van der Waals surface area contributed by atoms with Gasteiger partial charge in [-0.15, -0.1) is 0 Å². The summed E-state index contributed by atoms with van der Waals surface area (Å²) >= 11 is 0. The normalized spacial score (nSPS) is 10.7. The van der Waals surface area contributed by atoms with Crippen LogP contribution in [0.1, 0.15) is 10.4 Å². The third kappa shape index (κ3) is 3.02. The number of aromatic nitrogens is 1. The van der Waals surface area contributed by atoms with Crippen LogP contribution >= 0.6 is 0 Å². The van der Waals surface area contributed by atoms with Crippen molar-refractivity contribution in [2.75, 3.05) is 7.11 Å². The van der Waals surface area contributed by atoms with Crippen LogP contribution in [0.4, 0.5) is 0 Å². The molecule has 4 aromatic rings. The van der Waals surface area contributed by atoms with Gasteiger partial charge in [-0.05, 0) is 17.2 Å². The van der Waals surface area contributed by atoms with Crippen molar-refractivity contribution in [3.8, 4) is 28.1 Å². The summed E-state index contributed by atoms with van der Waals surface area (Å²) in [5, 5.41) is 10.3. The molecule has 0 saturated carbocycles. The zero-order chi connectivity index (χ0) is 18.8. The molecule has 4 nitrogen and oxygen atoms in total. The number of nitrogens with zero attached hydrogens (tertiary/aromatic N) is 1.